The fourth-order valence-corrected chi connectivity index (χ4v) is 8.22. The smallest absolute Gasteiger partial charge is 0.306 e. The minimum atomic E-state index is -0.760. The Morgan fingerprint density at radius 2 is 0.550 bits per heavy atom. The van der Waals surface area contributed by atoms with E-state index in [2.05, 4.69) is 27.7 Å². The summed E-state index contributed by atoms with van der Waals surface area (Å²) in [4.78, 5) is 38.0. The van der Waals surface area contributed by atoms with Crippen molar-refractivity contribution in [1.82, 2.24) is 0 Å². The van der Waals surface area contributed by atoms with Crippen molar-refractivity contribution in [3.63, 3.8) is 0 Å². The number of ether oxygens (including phenoxy) is 3. The third kappa shape index (κ3) is 47.5. The van der Waals surface area contributed by atoms with Crippen LogP contribution in [0.3, 0.4) is 0 Å². The van der Waals surface area contributed by atoms with E-state index < -0.39 is 6.10 Å². The molecule has 356 valence electrons. The normalized spacial score (nSPS) is 11.9. The molecule has 0 aliphatic heterocycles. The summed E-state index contributed by atoms with van der Waals surface area (Å²) in [6, 6.07) is 0. The van der Waals surface area contributed by atoms with Crippen molar-refractivity contribution in [3.05, 3.63) is 0 Å². The van der Waals surface area contributed by atoms with Crippen molar-refractivity contribution in [2.24, 2.45) is 5.92 Å². The van der Waals surface area contributed by atoms with E-state index in [1.54, 1.807) is 0 Å². The molecule has 0 aromatic heterocycles. The Morgan fingerprint density at radius 3 is 0.817 bits per heavy atom. The first-order valence-electron chi connectivity index (χ1n) is 26.9. The number of unbranched alkanes of at least 4 members (excludes halogenated alkanes) is 36. The van der Waals surface area contributed by atoms with Crippen LogP contribution in [0.5, 0.6) is 0 Å². The zero-order chi connectivity index (χ0) is 43.8. The van der Waals surface area contributed by atoms with Gasteiger partial charge in [-0.2, -0.15) is 0 Å². The first kappa shape index (κ1) is 58.4. The molecule has 0 aromatic rings. The number of esters is 3. The molecule has 0 radical (unpaired) electrons. The average molecular weight is 849 g/mol. The molecule has 0 spiro atoms. The molecule has 0 saturated heterocycles. The average Bonchev–Trinajstić information content (AvgIpc) is 3.23. The van der Waals surface area contributed by atoms with Crippen LogP contribution in [-0.4, -0.2) is 37.2 Å². The predicted molar refractivity (Wildman–Crippen MR) is 257 cm³/mol. The molecule has 0 aromatic carbocycles. The standard InChI is InChI=1S/C54H104O6/c1-5-7-9-11-13-15-17-18-19-20-21-22-26-29-33-37-41-45-52(55)58-48-51(60-54(57)47-43-39-35-31-24-16-14-12-10-8-6-2)49-59-53(56)46-42-38-34-30-27-23-25-28-32-36-40-44-50(3)4/h50-51H,5-49H2,1-4H3/t51-/m0/s1. The number of rotatable bonds is 49. The molecule has 0 fully saturated rings. The van der Waals surface area contributed by atoms with Gasteiger partial charge in [0.05, 0.1) is 0 Å². The summed E-state index contributed by atoms with van der Waals surface area (Å²) in [5, 5.41) is 0. The second kappa shape index (κ2) is 48.4. The van der Waals surface area contributed by atoms with Crippen LogP contribution >= 0.6 is 0 Å². The van der Waals surface area contributed by atoms with Crippen LogP contribution in [0.4, 0.5) is 0 Å². The fraction of sp³-hybridized carbons (Fsp3) is 0.944. The molecule has 0 aliphatic rings. The van der Waals surface area contributed by atoms with Gasteiger partial charge in [0.15, 0.2) is 6.10 Å². The van der Waals surface area contributed by atoms with E-state index in [0.717, 1.165) is 63.7 Å². The second-order valence-corrected chi connectivity index (χ2v) is 19.0. The molecule has 0 saturated carbocycles. The van der Waals surface area contributed by atoms with E-state index in [4.69, 9.17) is 14.2 Å². The summed E-state index contributed by atoms with van der Waals surface area (Å²) < 4.78 is 16.8. The van der Waals surface area contributed by atoms with Gasteiger partial charge in [0, 0.05) is 19.3 Å². The Hall–Kier alpha value is -1.59. The van der Waals surface area contributed by atoms with Crippen LogP contribution in [0.25, 0.3) is 0 Å². The van der Waals surface area contributed by atoms with E-state index in [1.807, 2.05) is 0 Å². The lowest BCUT2D eigenvalue weighted by Crippen LogP contribution is -2.30. The minimum absolute atomic E-state index is 0.0625. The van der Waals surface area contributed by atoms with Gasteiger partial charge in [-0.3, -0.25) is 14.4 Å². The molecular weight excluding hydrogens is 745 g/mol. The summed E-state index contributed by atoms with van der Waals surface area (Å²) in [6.45, 7) is 9.03. The van der Waals surface area contributed by atoms with Crippen molar-refractivity contribution in [2.45, 2.75) is 310 Å². The number of carbonyl (C=O) groups is 3. The number of carbonyl (C=O) groups excluding carboxylic acids is 3. The summed E-state index contributed by atoms with van der Waals surface area (Å²) in [7, 11) is 0. The summed E-state index contributed by atoms with van der Waals surface area (Å²) in [5.41, 5.74) is 0. The quantitative estimate of drug-likeness (QED) is 0.0345. The number of hydrogen-bond acceptors (Lipinski definition) is 6. The van der Waals surface area contributed by atoms with Crippen molar-refractivity contribution < 1.29 is 28.6 Å². The van der Waals surface area contributed by atoms with Gasteiger partial charge in [0.2, 0.25) is 0 Å². The number of hydrogen-bond donors (Lipinski definition) is 0. The van der Waals surface area contributed by atoms with Crippen LogP contribution in [-0.2, 0) is 28.6 Å². The zero-order valence-electron chi connectivity index (χ0n) is 40.9. The topological polar surface area (TPSA) is 78.9 Å². The molecule has 0 unspecified atom stereocenters. The van der Waals surface area contributed by atoms with Gasteiger partial charge in [-0.1, -0.05) is 265 Å². The first-order chi connectivity index (χ1) is 29.4. The Bertz CT molecular complexity index is 903. The van der Waals surface area contributed by atoms with Crippen LogP contribution < -0.4 is 0 Å². The summed E-state index contributed by atoms with van der Waals surface area (Å²) in [6.07, 6.45) is 50.9. The van der Waals surface area contributed by atoms with Crippen molar-refractivity contribution in [1.29, 1.82) is 0 Å². The van der Waals surface area contributed by atoms with Crippen LogP contribution in [0, 0.1) is 5.92 Å². The van der Waals surface area contributed by atoms with Crippen molar-refractivity contribution in [2.75, 3.05) is 13.2 Å². The third-order valence-electron chi connectivity index (χ3n) is 12.3. The van der Waals surface area contributed by atoms with Crippen molar-refractivity contribution in [3.8, 4) is 0 Å². The molecule has 0 heterocycles. The van der Waals surface area contributed by atoms with Gasteiger partial charge in [-0.05, 0) is 25.2 Å². The molecule has 0 rings (SSSR count). The maximum Gasteiger partial charge on any atom is 0.306 e. The lowest BCUT2D eigenvalue weighted by atomic mass is 10.0. The molecule has 60 heavy (non-hydrogen) atoms. The van der Waals surface area contributed by atoms with E-state index >= 15 is 0 Å². The van der Waals surface area contributed by atoms with E-state index in [1.165, 1.54) is 199 Å². The zero-order valence-corrected chi connectivity index (χ0v) is 40.9. The van der Waals surface area contributed by atoms with Crippen LogP contribution in [0.2, 0.25) is 0 Å². The maximum atomic E-state index is 12.8. The lowest BCUT2D eigenvalue weighted by Gasteiger charge is -2.18. The minimum Gasteiger partial charge on any atom is -0.462 e. The van der Waals surface area contributed by atoms with Gasteiger partial charge in [-0.25, -0.2) is 0 Å². The third-order valence-corrected chi connectivity index (χ3v) is 12.3. The Labute approximate surface area is 374 Å². The lowest BCUT2D eigenvalue weighted by molar-refractivity contribution is -0.167. The fourth-order valence-electron chi connectivity index (χ4n) is 8.22. The Morgan fingerprint density at radius 1 is 0.317 bits per heavy atom. The summed E-state index contributed by atoms with van der Waals surface area (Å²) in [5.74, 6) is -0.0156. The molecule has 0 N–H and O–H groups in total. The van der Waals surface area contributed by atoms with Crippen LogP contribution in [0.15, 0.2) is 0 Å². The largest absolute Gasteiger partial charge is 0.462 e. The predicted octanol–water partition coefficient (Wildman–Crippen LogP) is 17.5. The van der Waals surface area contributed by atoms with Gasteiger partial charge in [-0.15, -0.1) is 0 Å². The molecule has 6 nitrogen and oxygen atoms in total. The Kier molecular flexibility index (Phi) is 47.2. The van der Waals surface area contributed by atoms with Gasteiger partial charge >= 0.3 is 17.9 Å². The molecule has 0 amide bonds. The molecular formula is C54H104O6. The maximum absolute atomic E-state index is 12.8. The van der Waals surface area contributed by atoms with Crippen LogP contribution in [0.1, 0.15) is 304 Å². The van der Waals surface area contributed by atoms with Gasteiger partial charge in [0.1, 0.15) is 13.2 Å². The highest BCUT2D eigenvalue weighted by Crippen LogP contribution is 2.17. The molecule has 6 heteroatoms. The SMILES string of the molecule is CCCCCCCCCCCCCCCCCCCC(=O)OC[C@@H](COC(=O)CCCCCCCCCCCCCC(C)C)OC(=O)CCCCCCCCCCCCC. The summed E-state index contributed by atoms with van der Waals surface area (Å²) >= 11 is 0. The van der Waals surface area contributed by atoms with Crippen molar-refractivity contribution >= 4 is 17.9 Å². The molecule has 0 aliphatic carbocycles. The molecule has 0 bridgehead atoms. The van der Waals surface area contributed by atoms with Gasteiger partial charge in [0.25, 0.3) is 0 Å². The highest BCUT2D eigenvalue weighted by molar-refractivity contribution is 5.71. The first-order valence-corrected chi connectivity index (χ1v) is 26.9. The van der Waals surface area contributed by atoms with E-state index in [-0.39, 0.29) is 31.1 Å². The second-order valence-electron chi connectivity index (χ2n) is 19.0. The highest BCUT2D eigenvalue weighted by Gasteiger charge is 2.19. The van der Waals surface area contributed by atoms with E-state index in [0.29, 0.717) is 19.3 Å². The van der Waals surface area contributed by atoms with Gasteiger partial charge < -0.3 is 14.2 Å². The molecule has 1 atom stereocenters. The Balaban J connectivity index is 4.26. The monoisotopic (exact) mass is 849 g/mol. The van der Waals surface area contributed by atoms with E-state index in [9.17, 15) is 14.4 Å². The highest BCUT2D eigenvalue weighted by atomic mass is 16.6.